The monoisotopic (exact) mass is 627 g/mol. The molecule has 1 N–H and O–H groups in total. The number of nitro benzene ring substituents is 1. The zero-order valence-electron chi connectivity index (χ0n) is 25.3. The van der Waals surface area contributed by atoms with Crippen molar-refractivity contribution in [3.05, 3.63) is 118 Å². The van der Waals surface area contributed by atoms with Gasteiger partial charge in [0, 0.05) is 23.6 Å². The smallest absolute Gasteiger partial charge is 0.271 e. The number of phenolic OH excluding ortho intramolecular Hbond substituents is 1. The molecule has 6 unspecified atom stereocenters. The van der Waals surface area contributed by atoms with E-state index in [-0.39, 0.29) is 41.8 Å². The number of hydrogen-bond donors (Lipinski definition) is 1. The van der Waals surface area contributed by atoms with Gasteiger partial charge in [-0.3, -0.25) is 29.3 Å². The van der Waals surface area contributed by atoms with E-state index in [1.165, 1.54) is 29.2 Å². The number of nitrogens with zero attached hydrogens (tertiary/aromatic N) is 3. The van der Waals surface area contributed by atoms with E-state index in [1.807, 2.05) is 30.3 Å². The van der Waals surface area contributed by atoms with Crippen molar-refractivity contribution in [3.8, 4) is 5.75 Å². The van der Waals surface area contributed by atoms with Crippen LogP contribution in [0, 0.1) is 39.2 Å². The molecule has 4 aliphatic rings. The molecule has 3 fully saturated rings. The standard InChI is InChI=1S/C37H29N3O7/c1-37-28(34(43)39(36(37)45)21-9-3-2-4-10-21)19-27-25(32(37)31-24-13-6-5-8-20(24)14-17-29(31)41)15-16-26-30(27)35(44)38(33(26)42)22-11-7-12-23(18-22)40(46)47/h2-15,17-18,26-28,30,32,41H,16,19H2,1H3. The maximum Gasteiger partial charge on any atom is 0.271 e. The summed E-state index contributed by atoms with van der Waals surface area (Å²) in [6, 6.07) is 25.1. The second kappa shape index (κ2) is 10.2. The van der Waals surface area contributed by atoms with E-state index in [2.05, 4.69) is 0 Å². The van der Waals surface area contributed by atoms with Crippen molar-refractivity contribution in [1.82, 2.24) is 0 Å². The van der Waals surface area contributed by atoms with Crippen LogP contribution in [0.25, 0.3) is 10.8 Å². The Hall–Kier alpha value is -5.64. The lowest BCUT2D eigenvalue weighted by Crippen LogP contribution is -2.49. The quantitative estimate of drug-likeness (QED) is 0.129. The lowest BCUT2D eigenvalue weighted by atomic mass is 9.51. The minimum atomic E-state index is -1.31. The third kappa shape index (κ3) is 3.90. The number of non-ortho nitro benzene ring substituents is 1. The first-order chi connectivity index (χ1) is 22.6. The van der Waals surface area contributed by atoms with Crippen LogP contribution < -0.4 is 9.80 Å². The molecule has 47 heavy (non-hydrogen) atoms. The number of nitro groups is 1. The average Bonchev–Trinajstić information content (AvgIpc) is 3.45. The molecule has 10 heteroatoms. The number of allylic oxidation sites excluding steroid dienone is 2. The van der Waals surface area contributed by atoms with E-state index < -0.39 is 51.7 Å². The Kier molecular flexibility index (Phi) is 6.24. The van der Waals surface area contributed by atoms with Crippen molar-refractivity contribution < 1.29 is 29.2 Å². The summed E-state index contributed by atoms with van der Waals surface area (Å²) in [5.74, 6) is -5.55. The van der Waals surface area contributed by atoms with Gasteiger partial charge in [-0.2, -0.15) is 0 Å². The van der Waals surface area contributed by atoms with Gasteiger partial charge >= 0.3 is 0 Å². The summed E-state index contributed by atoms with van der Waals surface area (Å²) in [6.45, 7) is 1.78. The molecule has 2 aliphatic heterocycles. The first-order valence-electron chi connectivity index (χ1n) is 15.6. The van der Waals surface area contributed by atoms with Crippen molar-refractivity contribution in [2.45, 2.75) is 25.7 Å². The molecule has 0 spiro atoms. The van der Waals surface area contributed by atoms with E-state index in [0.717, 1.165) is 21.2 Å². The van der Waals surface area contributed by atoms with Crippen LogP contribution in [0.3, 0.4) is 0 Å². The van der Waals surface area contributed by atoms with Gasteiger partial charge in [-0.1, -0.05) is 66.2 Å². The topological polar surface area (TPSA) is 138 Å². The van der Waals surface area contributed by atoms with Crippen molar-refractivity contribution in [3.63, 3.8) is 0 Å². The van der Waals surface area contributed by atoms with Gasteiger partial charge in [-0.25, -0.2) is 9.80 Å². The molecule has 0 aromatic heterocycles. The van der Waals surface area contributed by atoms with Crippen LogP contribution in [0.1, 0.15) is 31.2 Å². The third-order valence-corrected chi connectivity index (χ3v) is 10.8. The van der Waals surface area contributed by atoms with E-state index >= 15 is 0 Å². The zero-order chi connectivity index (χ0) is 32.8. The fourth-order valence-electron chi connectivity index (χ4n) is 8.73. The molecule has 234 valence electrons. The number of para-hydroxylation sites is 1. The van der Waals surface area contributed by atoms with Crippen molar-refractivity contribution in [2.24, 2.45) is 29.1 Å². The summed E-state index contributed by atoms with van der Waals surface area (Å²) in [7, 11) is 0. The number of benzene rings is 4. The van der Waals surface area contributed by atoms with Crippen LogP contribution in [0.2, 0.25) is 0 Å². The van der Waals surface area contributed by atoms with E-state index in [0.29, 0.717) is 11.3 Å². The summed E-state index contributed by atoms with van der Waals surface area (Å²) in [5, 5.41) is 24.6. The summed E-state index contributed by atoms with van der Waals surface area (Å²) in [6.07, 6.45) is 2.28. The Morgan fingerprint density at radius 3 is 2.30 bits per heavy atom. The molecule has 2 saturated heterocycles. The molecule has 2 heterocycles. The van der Waals surface area contributed by atoms with Gasteiger partial charge in [0.1, 0.15) is 5.75 Å². The van der Waals surface area contributed by atoms with Gasteiger partial charge in [-0.05, 0) is 60.7 Å². The number of phenols is 1. The number of anilines is 2. The number of fused-ring (bicyclic) bond motifs is 5. The van der Waals surface area contributed by atoms with Gasteiger partial charge in [0.05, 0.1) is 39.5 Å². The SMILES string of the molecule is CC12C(=O)N(c3ccccc3)C(=O)C1CC1C(=CCC3C(=O)N(c4cccc([N+](=O)[O-])c4)C(=O)C31)C2c1c(O)ccc2ccccc12. The summed E-state index contributed by atoms with van der Waals surface area (Å²) in [4.78, 5) is 70.4. The Labute approximate surface area is 269 Å². The molecule has 6 atom stereocenters. The second-order valence-electron chi connectivity index (χ2n) is 13.0. The lowest BCUT2D eigenvalue weighted by Gasteiger charge is -2.49. The number of rotatable bonds is 4. The Morgan fingerprint density at radius 1 is 0.809 bits per heavy atom. The Bertz CT molecular complexity index is 2090. The van der Waals surface area contributed by atoms with Crippen LogP contribution in [-0.2, 0) is 19.2 Å². The maximum atomic E-state index is 14.7. The molecule has 4 aromatic carbocycles. The molecule has 10 nitrogen and oxygen atoms in total. The van der Waals surface area contributed by atoms with Crippen molar-refractivity contribution >= 4 is 51.5 Å². The predicted octanol–water partition coefficient (Wildman–Crippen LogP) is 5.89. The van der Waals surface area contributed by atoms with Crippen LogP contribution in [0.4, 0.5) is 17.1 Å². The minimum absolute atomic E-state index is 0.0252. The number of hydrogen-bond acceptors (Lipinski definition) is 7. The molecule has 1 saturated carbocycles. The van der Waals surface area contributed by atoms with E-state index in [1.54, 1.807) is 49.4 Å². The number of amides is 4. The van der Waals surface area contributed by atoms with Crippen molar-refractivity contribution in [1.29, 1.82) is 0 Å². The summed E-state index contributed by atoms with van der Waals surface area (Å²) >= 11 is 0. The van der Waals surface area contributed by atoms with Crippen LogP contribution >= 0.6 is 0 Å². The van der Waals surface area contributed by atoms with E-state index in [9.17, 15) is 34.4 Å². The first-order valence-corrected chi connectivity index (χ1v) is 15.6. The molecule has 4 aromatic rings. The molecule has 0 radical (unpaired) electrons. The molecular weight excluding hydrogens is 598 g/mol. The van der Waals surface area contributed by atoms with Gasteiger partial charge < -0.3 is 5.11 Å². The number of aromatic hydroxyl groups is 1. The number of carbonyl (C=O) groups is 4. The molecule has 0 bridgehead atoms. The minimum Gasteiger partial charge on any atom is -0.508 e. The lowest BCUT2D eigenvalue weighted by molar-refractivity contribution is -0.384. The normalized spacial score (nSPS) is 28.3. The highest BCUT2D eigenvalue weighted by Crippen LogP contribution is 2.65. The first kappa shape index (κ1) is 28.8. The highest BCUT2D eigenvalue weighted by Gasteiger charge is 2.68. The average molecular weight is 628 g/mol. The predicted molar refractivity (Wildman–Crippen MR) is 172 cm³/mol. The van der Waals surface area contributed by atoms with Crippen LogP contribution in [0.5, 0.6) is 5.75 Å². The zero-order valence-corrected chi connectivity index (χ0v) is 25.3. The summed E-state index contributed by atoms with van der Waals surface area (Å²) in [5.41, 5.74) is 0.264. The fourth-order valence-corrected chi connectivity index (χ4v) is 8.73. The van der Waals surface area contributed by atoms with Crippen molar-refractivity contribution in [2.75, 3.05) is 9.80 Å². The van der Waals surface area contributed by atoms with E-state index in [4.69, 9.17) is 0 Å². The Balaban J connectivity index is 1.31. The molecule has 4 amide bonds. The van der Waals surface area contributed by atoms with Gasteiger partial charge in [0.25, 0.3) is 5.69 Å². The van der Waals surface area contributed by atoms with Crippen LogP contribution in [-0.4, -0.2) is 33.7 Å². The highest BCUT2D eigenvalue weighted by atomic mass is 16.6. The molecule has 8 rings (SSSR count). The third-order valence-electron chi connectivity index (χ3n) is 10.8. The molecule has 2 aliphatic carbocycles. The van der Waals surface area contributed by atoms with Gasteiger partial charge in [-0.15, -0.1) is 0 Å². The Morgan fingerprint density at radius 2 is 1.53 bits per heavy atom. The number of imide groups is 2. The summed E-state index contributed by atoms with van der Waals surface area (Å²) < 4.78 is 0. The highest BCUT2D eigenvalue weighted by molar-refractivity contribution is 6.25. The van der Waals surface area contributed by atoms with Gasteiger partial charge in [0.15, 0.2) is 0 Å². The van der Waals surface area contributed by atoms with Gasteiger partial charge in [0.2, 0.25) is 23.6 Å². The largest absolute Gasteiger partial charge is 0.508 e. The second-order valence-corrected chi connectivity index (χ2v) is 13.0. The van der Waals surface area contributed by atoms with Crippen LogP contribution in [0.15, 0.2) is 103 Å². The fraction of sp³-hybridized carbons (Fsp3) is 0.243. The molecular formula is C37H29N3O7. The number of carbonyl (C=O) groups excluding carboxylic acids is 4. The maximum absolute atomic E-state index is 14.7.